The van der Waals surface area contributed by atoms with Gasteiger partial charge in [0.2, 0.25) is 0 Å². The molecule has 3 heteroatoms. The molecule has 0 radical (unpaired) electrons. The number of thiocarbonyl (C=S) groups is 1. The van der Waals surface area contributed by atoms with Crippen molar-refractivity contribution < 1.29 is 0 Å². The third-order valence-corrected chi connectivity index (χ3v) is 0.696. The lowest BCUT2D eigenvalue weighted by Crippen LogP contribution is -2.37. The van der Waals surface area contributed by atoms with E-state index in [1.165, 1.54) is 0 Å². The van der Waals surface area contributed by atoms with Gasteiger partial charge in [0, 0.05) is 5.54 Å². The van der Waals surface area contributed by atoms with Crippen LogP contribution in [0.2, 0.25) is 0 Å². The van der Waals surface area contributed by atoms with Gasteiger partial charge in [-0.25, -0.2) is 0 Å². The molecule has 0 rings (SSSR count). The lowest BCUT2D eigenvalue weighted by Gasteiger charge is -2.19. The Morgan fingerprint density at radius 2 is 1.88 bits per heavy atom. The Bertz CT molecular complexity index is 93.1. The van der Waals surface area contributed by atoms with Crippen molar-refractivity contribution in [3.8, 4) is 0 Å². The maximum atomic E-state index is 4.70. The molecule has 1 N–H and O–H groups in total. The van der Waals surface area contributed by atoms with Crippen molar-refractivity contribution in [3.05, 3.63) is 0 Å². The zero-order valence-electron chi connectivity index (χ0n) is 5.36. The van der Waals surface area contributed by atoms with Gasteiger partial charge in [-0.2, -0.15) is 0 Å². The Morgan fingerprint density at radius 3 is 1.88 bits per heavy atom. The van der Waals surface area contributed by atoms with Crippen molar-refractivity contribution in [3.63, 3.8) is 0 Å². The van der Waals surface area contributed by atoms with E-state index in [2.05, 4.69) is 17.9 Å². The molecule has 0 saturated heterocycles. The first-order valence-electron chi connectivity index (χ1n) is 2.43. The largest absolute Gasteiger partial charge is 0.367 e. The summed E-state index contributed by atoms with van der Waals surface area (Å²) in [5.74, 6) is 0. The molecule has 1 nitrogen and oxygen atoms in total. The molecule has 0 unspecified atom stereocenters. The number of hydrogen-bond donors (Lipinski definition) is 2. The fourth-order valence-corrected chi connectivity index (χ4v) is 0.962. The third-order valence-electron chi connectivity index (χ3n) is 0.482. The Morgan fingerprint density at radius 1 is 1.50 bits per heavy atom. The molecular weight excluding hydrogens is 138 g/mol. The van der Waals surface area contributed by atoms with Crippen LogP contribution in [0.3, 0.4) is 0 Å². The monoisotopic (exact) mass is 149 g/mol. The molecule has 0 spiro atoms. The average Bonchev–Trinajstić information content (AvgIpc) is 1.21. The predicted molar refractivity (Wildman–Crippen MR) is 44.5 cm³/mol. The molecule has 0 aliphatic heterocycles. The number of rotatable bonds is 0. The molecule has 0 amide bonds. The summed E-state index contributed by atoms with van der Waals surface area (Å²) in [4.78, 5) is 0. The fourth-order valence-electron chi connectivity index (χ4n) is 0.321. The molecule has 0 saturated carbocycles. The maximum Gasteiger partial charge on any atom is 0.131 e. The van der Waals surface area contributed by atoms with E-state index in [0.717, 1.165) is 0 Å². The highest BCUT2D eigenvalue weighted by Gasteiger charge is 2.07. The van der Waals surface area contributed by atoms with Crippen LogP contribution in [0.15, 0.2) is 0 Å². The third kappa shape index (κ3) is 6.24. The standard InChI is InChI=1S/C5H11NS2/c1-5(2,3)6-4(7)8/h1-3H3,(H2,6,7,8). The molecule has 48 valence electrons. The Balaban J connectivity index is 3.55. The predicted octanol–water partition coefficient (Wildman–Crippen LogP) is 1.59. The van der Waals surface area contributed by atoms with Crippen LogP contribution in [-0.2, 0) is 0 Å². The lowest BCUT2D eigenvalue weighted by molar-refractivity contribution is 0.519. The Kier molecular flexibility index (Phi) is 2.77. The van der Waals surface area contributed by atoms with Gasteiger partial charge < -0.3 is 5.32 Å². The molecule has 0 bridgehead atoms. The molecule has 0 aliphatic carbocycles. The normalized spacial score (nSPS) is 11.0. The van der Waals surface area contributed by atoms with E-state index >= 15 is 0 Å². The summed E-state index contributed by atoms with van der Waals surface area (Å²) >= 11 is 8.61. The summed E-state index contributed by atoms with van der Waals surface area (Å²) in [6, 6.07) is 0. The van der Waals surface area contributed by atoms with Crippen molar-refractivity contribution in [2.45, 2.75) is 26.3 Å². The van der Waals surface area contributed by atoms with Crippen LogP contribution in [-0.4, -0.2) is 9.86 Å². The Hall–Kier alpha value is 0.240. The smallest absolute Gasteiger partial charge is 0.131 e. The molecular formula is C5H11NS2. The molecule has 0 aliphatic rings. The van der Waals surface area contributed by atoms with Crippen molar-refractivity contribution in [1.29, 1.82) is 0 Å². The lowest BCUT2D eigenvalue weighted by atomic mass is 10.1. The van der Waals surface area contributed by atoms with Gasteiger partial charge in [0.15, 0.2) is 0 Å². The average molecular weight is 149 g/mol. The molecule has 0 atom stereocenters. The summed E-state index contributed by atoms with van der Waals surface area (Å²) in [6.07, 6.45) is 0. The molecule has 0 aromatic heterocycles. The van der Waals surface area contributed by atoms with Gasteiger partial charge in [-0.1, -0.05) is 12.2 Å². The number of thiol groups is 1. The van der Waals surface area contributed by atoms with Crippen LogP contribution in [0.1, 0.15) is 20.8 Å². The van der Waals surface area contributed by atoms with Crippen molar-refractivity contribution in [1.82, 2.24) is 5.32 Å². The minimum atomic E-state index is 0.0544. The van der Waals surface area contributed by atoms with E-state index in [-0.39, 0.29) is 5.54 Å². The topological polar surface area (TPSA) is 12.0 Å². The van der Waals surface area contributed by atoms with Crippen LogP contribution in [0.25, 0.3) is 0 Å². The van der Waals surface area contributed by atoms with Gasteiger partial charge in [0.25, 0.3) is 0 Å². The van der Waals surface area contributed by atoms with Gasteiger partial charge in [-0.05, 0) is 20.8 Å². The SMILES string of the molecule is CC(C)(C)NC(=S)S. The van der Waals surface area contributed by atoms with Crippen molar-refractivity contribution >= 4 is 29.2 Å². The van der Waals surface area contributed by atoms with Crippen LogP contribution in [0, 0.1) is 0 Å². The zero-order valence-corrected chi connectivity index (χ0v) is 7.07. The van der Waals surface area contributed by atoms with E-state index in [0.29, 0.717) is 4.32 Å². The molecule has 0 aromatic rings. The van der Waals surface area contributed by atoms with Gasteiger partial charge in [-0.3, -0.25) is 0 Å². The van der Waals surface area contributed by atoms with E-state index in [1.54, 1.807) is 0 Å². The van der Waals surface area contributed by atoms with Crippen LogP contribution < -0.4 is 5.32 Å². The second-order valence-corrected chi connectivity index (χ2v) is 3.84. The number of hydrogen-bond acceptors (Lipinski definition) is 1. The molecule has 0 heterocycles. The number of nitrogens with one attached hydrogen (secondary N) is 1. The zero-order chi connectivity index (χ0) is 6.78. The van der Waals surface area contributed by atoms with Gasteiger partial charge >= 0.3 is 0 Å². The minimum Gasteiger partial charge on any atom is -0.367 e. The van der Waals surface area contributed by atoms with Gasteiger partial charge in [0.05, 0.1) is 0 Å². The molecule has 0 aromatic carbocycles. The highest BCUT2D eigenvalue weighted by Crippen LogP contribution is 1.98. The first kappa shape index (κ1) is 8.24. The van der Waals surface area contributed by atoms with E-state index in [4.69, 9.17) is 12.2 Å². The summed E-state index contributed by atoms with van der Waals surface area (Å²) in [5.41, 5.74) is 0.0544. The molecule has 8 heavy (non-hydrogen) atoms. The maximum absolute atomic E-state index is 4.70. The highest BCUT2D eigenvalue weighted by atomic mass is 32.1. The first-order chi connectivity index (χ1) is 3.42. The van der Waals surface area contributed by atoms with E-state index in [9.17, 15) is 0 Å². The fraction of sp³-hybridized carbons (Fsp3) is 0.800. The summed E-state index contributed by atoms with van der Waals surface area (Å²) in [7, 11) is 0. The second kappa shape index (κ2) is 2.69. The van der Waals surface area contributed by atoms with Gasteiger partial charge in [0.1, 0.15) is 4.32 Å². The summed E-state index contributed by atoms with van der Waals surface area (Å²) in [6.45, 7) is 6.11. The van der Waals surface area contributed by atoms with E-state index < -0.39 is 0 Å². The highest BCUT2D eigenvalue weighted by molar-refractivity contribution is 8.11. The van der Waals surface area contributed by atoms with Crippen LogP contribution >= 0.6 is 24.8 Å². The van der Waals surface area contributed by atoms with E-state index in [1.807, 2.05) is 20.8 Å². The van der Waals surface area contributed by atoms with Crippen molar-refractivity contribution in [2.24, 2.45) is 0 Å². The first-order valence-corrected chi connectivity index (χ1v) is 3.28. The van der Waals surface area contributed by atoms with Crippen LogP contribution in [0.5, 0.6) is 0 Å². The second-order valence-electron chi connectivity index (χ2n) is 2.68. The Labute approximate surface area is 61.3 Å². The van der Waals surface area contributed by atoms with Crippen LogP contribution in [0.4, 0.5) is 0 Å². The molecule has 0 fully saturated rings. The van der Waals surface area contributed by atoms with Gasteiger partial charge in [-0.15, -0.1) is 12.6 Å². The summed E-state index contributed by atoms with van der Waals surface area (Å²) in [5, 5.41) is 2.98. The van der Waals surface area contributed by atoms with Crippen molar-refractivity contribution in [2.75, 3.05) is 0 Å². The summed E-state index contributed by atoms with van der Waals surface area (Å²) < 4.78 is 0.553. The minimum absolute atomic E-state index is 0.0544. The quantitative estimate of drug-likeness (QED) is 0.401.